The SMILES string of the molecule is CC(CCN)CN(C)Cc1coc2ccccc12. The number of nitrogens with two attached hydrogens (primary N) is 1. The van der Waals surface area contributed by atoms with Crippen LogP contribution in [0.2, 0.25) is 0 Å². The molecule has 2 aromatic rings. The molecule has 0 saturated carbocycles. The Labute approximate surface area is 109 Å². The standard InChI is InChI=1S/C15H22N2O/c1-12(7-8-16)9-17(2)10-13-11-18-15-6-4-3-5-14(13)15/h3-6,11-12H,7-10,16H2,1-2H3. The molecule has 3 nitrogen and oxygen atoms in total. The summed E-state index contributed by atoms with van der Waals surface area (Å²) in [4.78, 5) is 2.33. The van der Waals surface area contributed by atoms with Crippen molar-refractivity contribution in [1.29, 1.82) is 0 Å². The minimum Gasteiger partial charge on any atom is -0.464 e. The molecule has 18 heavy (non-hydrogen) atoms. The van der Waals surface area contributed by atoms with E-state index in [1.54, 1.807) is 0 Å². The summed E-state index contributed by atoms with van der Waals surface area (Å²) in [6, 6.07) is 8.18. The number of hydrogen-bond donors (Lipinski definition) is 1. The summed E-state index contributed by atoms with van der Waals surface area (Å²) in [6.45, 7) is 5.00. The van der Waals surface area contributed by atoms with E-state index in [2.05, 4.69) is 31.0 Å². The number of para-hydroxylation sites is 1. The minimum absolute atomic E-state index is 0.637. The van der Waals surface area contributed by atoms with Crippen molar-refractivity contribution in [3.8, 4) is 0 Å². The van der Waals surface area contributed by atoms with E-state index in [0.717, 1.165) is 31.6 Å². The Balaban J connectivity index is 2.00. The van der Waals surface area contributed by atoms with Gasteiger partial charge in [0.25, 0.3) is 0 Å². The van der Waals surface area contributed by atoms with Crippen LogP contribution < -0.4 is 5.73 Å². The Hall–Kier alpha value is -1.32. The van der Waals surface area contributed by atoms with Crippen LogP contribution >= 0.6 is 0 Å². The van der Waals surface area contributed by atoms with Crippen LogP contribution in [0.25, 0.3) is 11.0 Å². The van der Waals surface area contributed by atoms with Gasteiger partial charge in [-0.3, -0.25) is 0 Å². The molecular formula is C15H22N2O. The van der Waals surface area contributed by atoms with Gasteiger partial charge < -0.3 is 15.1 Å². The Morgan fingerprint density at radius 1 is 1.33 bits per heavy atom. The molecule has 1 aromatic carbocycles. The summed E-state index contributed by atoms with van der Waals surface area (Å²) >= 11 is 0. The predicted molar refractivity (Wildman–Crippen MR) is 75.4 cm³/mol. The van der Waals surface area contributed by atoms with Crippen molar-refractivity contribution >= 4 is 11.0 Å². The average Bonchev–Trinajstić information content (AvgIpc) is 2.73. The van der Waals surface area contributed by atoms with E-state index in [0.29, 0.717) is 5.92 Å². The molecule has 0 amide bonds. The molecule has 1 atom stereocenters. The molecule has 0 bridgehead atoms. The Bertz CT molecular complexity index is 492. The molecular weight excluding hydrogens is 224 g/mol. The first kappa shape index (κ1) is 13.1. The number of hydrogen-bond acceptors (Lipinski definition) is 3. The highest BCUT2D eigenvalue weighted by atomic mass is 16.3. The van der Waals surface area contributed by atoms with Crippen LogP contribution in [0.1, 0.15) is 18.9 Å². The second-order valence-corrected chi connectivity index (χ2v) is 5.14. The van der Waals surface area contributed by atoms with Gasteiger partial charge in [-0.25, -0.2) is 0 Å². The van der Waals surface area contributed by atoms with Gasteiger partial charge in [-0.1, -0.05) is 25.1 Å². The zero-order chi connectivity index (χ0) is 13.0. The molecule has 0 aliphatic carbocycles. The Morgan fingerprint density at radius 3 is 2.89 bits per heavy atom. The monoisotopic (exact) mass is 246 g/mol. The molecule has 2 rings (SSSR count). The number of benzene rings is 1. The van der Waals surface area contributed by atoms with Gasteiger partial charge in [-0.15, -0.1) is 0 Å². The maximum absolute atomic E-state index is 5.58. The van der Waals surface area contributed by atoms with Crippen molar-refractivity contribution in [3.05, 3.63) is 36.1 Å². The largest absolute Gasteiger partial charge is 0.464 e. The predicted octanol–water partition coefficient (Wildman–Crippen LogP) is 2.85. The summed E-state index contributed by atoms with van der Waals surface area (Å²) in [5.74, 6) is 0.637. The molecule has 1 aromatic heterocycles. The van der Waals surface area contributed by atoms with Crippen molar-refractivity contribution in [2.45, 2.75) is 19.9 Å². The van der Waals surface area contributed by atoms with Crippen molar-refractivity contribution in [2.75, 3.05) is 20.1 Å². The smallest absolute Gasteiger partial charge is 0.134 e. The zero-order valence-corrected chi connectivity index (χ0v) is 11.2. The fourth-order valence-corrected chi connectivity index (χ4v) is 2.42. The molecule has 3 heteroatoms. The average molecular weight is 246 g/mol. The molecule has 0 aliphatic heterocycles. The van der Waals surface area contributed by atoms with Crippen molar-refractivity contribution < 1.29 is 4.42 Å². The third kappa shape index (κ3) is 3.12. The van der Waals surface area contributed by atoms with Gasteiger partial charge >= 0.3 is 0 Å². The van der Waals surface area contributed by atoms with Crippen LogP contribution in [0.5, 0.6) is 0 Å². The minimum atomic E-state index is 0.637. The van der Waals surface area contributed by atoms with Crippen LogP contribution in [0.15, 0.2) is 34.9 Å². The molecule has 2 N–H and O–H groups in total. The highest BCUT2D eigenvalue weighted by Gasteiger charge is 2.10. The second-order valence-electron chi connectivity index (χ2n) is 5.14. The third-order valence-corrected chi connectivity index (χ3v) is 3.28. The van der Waals surface area contributed by atoms with E-state index in [1.807, 2.05) is 18.4 Å². The molecule has 0 radical (unpaired) electrons. The van der Waals surface area contributed by atoms with E-state index in [1.165, 1.54) is 10.9 Å². The number of rotatable bonds is 6. The summed E-state index contributed by atoms with van der Waals surface area (Å²) in [6.07, 6.45) is 2.95. The van der Waals surface area contributed by atoms with Gasteiger partial charge in [0.2, 0.25) is 0 Å². The lowest BCUT2D eigenvalue weighted by atomic mass is 10.1. The molecule has 1 unspecified atom stereocenters. The summed E-state index contributed by atoms with van der Waals surface area (Å²) in [5, 5.41) is 1.22. The summed E-state index contributed by atoms with van der Waals surface area (Å²) in [7, 11) is 2.15. The molecule has 98 valence electrons. The van der Waals surface area contributed by atoms with Gasteiger partial charge in [0, 0.05) is 24.0 Å². The van der Waals surface area contributed by atoms with Crippen molar-refractivity contribution in [1.82, 2.24) is 4.90 Å². The van der Waals surface area contributed by atoms with Gasteiger partial charge in [0.1, 0.15) is 5.58 Å². The van der Waals surface area contributed by atoms with Crippen molar-refractivity contribution in [2.24, 2.45) is 11.7 Å². The maximum atomic E-state index is 5.58. The van der Waals surface area contributed by atoms with Crippen LogP contribution in [-0.4, -0.2) is 25.0 Å². The quantitative estimate of drug-likeness (QED) is 0.852. The topological polar surface area (TPSA) is 42.4 Å². The van der Waals surface area contributed by atoms with E-state index in [-0.39, 0.29) is 0 Å². The molecule has 1 heterocycles. The highest BCUT2D eigenvalue weighted by molar-refractivity contribution is 5.80. The number of fused-ring (bicyclic) bond motifs is 1. The van der Waals surface area contributed by atoms with E-state index in [4.69, 9.17) is 10.2 Å². The summed E-state index contributed by atoms with van der Waals surface area (Å²) in [5.41, 5.74) is 7.81. The highest BCUT2D eigenvalue weighted by Crippen LogP contribution is 2.22. The normalized spacial score (nSPS) is 13.3. The first-order chi connectivity index (χ1) is 8.70. The number of furan rings is 1. The van der Waals surface area contributed by atoms with E-state index >= 15 is 0 Å². The fourth-order valence-electron chi connectivity index (χ4n) is 2.42. The lowest BCUT2D eigenvalue weighted by molar-refractivity contribution is 0.273. The molecule has 0 spiro atoms. The van der Waals surface area contributed by atoms with E-state index < -0.39 is 0 Å². The lowest BCUT2D eigenvalue weighted by Gasteiger charge is -2.20. The summed E-state index contributed by atoms with van der Waals surface area (Å²) < 4.78 is 5.56. The first-order valence-electron chi connectivity index (χ1n) is 6.54. The zero-order valence-electron chi connectivity index (χ0n) is 11.2. The fraction of sp³-hybridized carbons (Fsp3) is 0.467. The van der Waals surface area contributed by atoms with Crippen molar-refractivity contribution in [3.63, 3.8) is 0 Å². The Morgan fingerprint density at radius 2 is 2.11 bits per heavy atom. The van der Waals surface area contributed by atoms with Crippen LogP contribution in [-0.2, 0) is 6.54 Å². The Kier molecular flexibility index (Phi) is 4.39. The van der Waals surface area contributed by atoms with Gasteiger partial charge in [-0.05, 0) is 32.0 Å². The van der Waals surface area contributed by atoms with Gasteiger partial charge in [0.15, 0.2) is 0 Å². The number of nitrogens with zero attached hydrogens (tertiary/aromatic N) is 1. The molecule has 0 aliphatic rings. The van der Waals surface area contributed by atoms with Crippen LogP contribution in [0, 0.1) is 5.92 Å². The van der Waals surface area contributed by atoms with Crippen LogP contribution in [0.4, 0.5) is 0 Å². The van der Waals surface area contributed by atoms with E-state index in [9.17, 15) is 0 Å². The maximum Gasteiger partial charge on any atom is 0.134 e. The molecule has 0 saturated heterocycles. The molecule has 0 fully saturated rings. The second kappa shape index (κ2) is 6.03. The van der Waals surface area contributed by atoms with Gasteiger partial charge in [-0.2, -0.15) is 0 Å². The first-order valence-corrected chi connectivity index (χ1v) is 6.54. The van der Waals surface area contributed by atoms with Gasteiger partial charge in [0.05, 0.1) is 6.26 Å². The van der Waals surface area contributed by atoms with Crippen LogP contribution in [0.3, 0.4) is 0 Å². The third-order valence-electron chi connectivity index (χ3n) is 3.28. The lowest BCUT2D eigenvalue weighted by Crippen LogP contribution is -2.25.